The van der Waals surface area contributed by atoms with Gasteiger partial charge in [0, 0.05) is 38.9 Å². The van der Waals surface area contributed by atoms with Crippen LogP contribution in [-0.4, -0.2) is 46.9 Å². The fraction of sp³-hybridized carbons (Fsp3) is 0.609. The molecule has 1 aliphatic rings. The van der Waals surface area contributed by atoms with E-state index in [4.69, 9.17) is 4.99 Å². The Kier molecular flexibility index (Phi) is 8.11. The second kappa shape index (κ2) is 11.0. The van der Waals surface area contributed by atoms with Crippen molar-refractivity contribution >= 4 is 11.6 Å². The predicted molar refractivity (Wildman–Crippen MR) is 124 cm³/mol. The van der Waals surface area contributed by atoms with Crippen LogP contribution in [0, 0.1) is 12.8 Å². The van der Waals surface area contributed by atoms with Gasteiger partial charge in [0.1, 0.15) is 12.4 Å². The van der Waals surface area contributed by atoms with E-state index in [2.05, 4.69) is 70.0 Å². The third-order valence-corrected chi connectivity index (χ3v) is 6.00. The summed E-state index contributed by atoms with van der Waals surface area (Å²) in [6, 6.07) is 11.0. The molecule has 0 bridgehead atoms. The summed E-state index contributed by atoms with van der Waals surface area (Å²) in [7, 11) is 4.13. The maximum absolute atomic E-state index is 4.82. The van der Waals surface area contributed by atoms with Crippen molar-refractivity contribution in [3.05, 3.63) is 42.0 Å². The Morgan fingerprint density at radius 2 is 2.03 bits per heavy atom. The Morgan fingerprint density at radius 1 is 1.23 bits per heavy atom. The number of hydrogen-bond donors (Lipinski definition) is 2. The number of hydrogen-bond acceptors (Lipinski definition) is 4. The van der Waals surface area contributed by atoms with Crippen molar-refractivity contribution in [3.8, 4) is 0 Å². The van der Waals surface area contributed by atoms with Crippen LogP contribution in [-0.2, 0) is 13.6 Å². The maximum atomic E-state index is 4.82. The lowest BCUT2D eigenvalue weighted by atomic mass is 9.87. The Morgan fingerprint density at radius 3 is 2.73 bits per heavy atom. The molecule has 164 valence electrons. The summed E-state index contributed by atoms with van der Waals surface area (Å²) >= 11 is 0. The van der Waals surface area contributed by atoms with E-state index in [0.29, 0.717) is 12.6 Å². The van der Waals surface area contributed by atoms with Gasteiger partial charge in [-0.3, -0.25) is 0 Å². The monoisotopic (exact) mass is 411 g/mol. The molecule has 0 aliphatic heterocycles. The molecular weight excluding hydrogens is 374 g/mol. The Balaban J connectivity index is 1.54. The van der Waals surface area contributed by atoms with Crippen molar-refractivity contribution in [3.63, 3.8) is 0 Å². The molecule has 7 heteroatoms. The lowest BCUT2D eigenvalue weighted by molar-refractivity contribution is 0.324. The molecule has 0 spiro atoms. The molecular formula is C23H37N7. The van der Waals surface area contributed by atoms with Crippen LogP contribution in [0.4, 0.5) is 5.69 Å². The first-order valence-electron chi connectivity index (χ1n) is 11.2. The van der Waals surface area contributed by atoms with Gasteiger partial charge in [0.2, 0.25) is 0 Å². The SMILES string of the molecule is Cc1nnc(CN=C(NCCCN(C)c2ccccc2)NC2CCCC(C)C2)n1C. The zero-order valence-corrected chi connectivity index (χ0v) is 18.9. The third-order valence-electron chi connectivity index (χ3n) is 6.00. The van der Waals surface area contributed by atoms with Gasteiger partial charge in [-0.15, -0.1) is 10.2 Å². The summed E-state index contributed by atoms with van der Waals surface area (Å²) in [4.78, 5) is 7.11. The number of rotatable bonds is 8. The second-order valence-electron chi connectivity index (χ2n) is 8.54. The Bertz CT molecular complexity index is 799. The number of para-hydroxylation sites is 1. The van der Waals surface area contributed by atoms with Crippen LogP contribution in [0.3, 0.4) is 0 Å². The first kappa shape index (κ1) is 22.1. The summed E-state index contributed by atoms with van der Waals surface area (Å²) in [5.74, 6) is 3.46. The van der Waals surface area contributed by atoms with Gasteiger partial charge < -0.3 is 20.1 Å². The Labute approximate surface area is 181 Å². The molecule has 2 aromatic rings. The molecule has 1 aliphatic carbocycles. The van der Waals surface area contributed by atoms with Crippen LogP contribution >= 0.6 is 0 Å². The van der Waals surface area contributed by atoms with Crippen molar-refractivity contribution in [1.29, 1.82) is 0 Å². The third kappa shape index (κ3) is 6.47. The molecule has 2 N–H and O–H groups in total. The average Bonchev–Trinajstić information content (AvgIpc) is 3.07. The number of nitrogens with zero attached hydrogens (tertiary/aromatic N) is 5. The number of anilines is 1. The molecule has 7 nitrogen and oxygen atoms in total. The molecule has 1 aromatic carbocycles. The van der Waals surface area contributed by atoms with Crippen LogP contribution in [0.25, 0.3) is 0 Å². The van der Waals surface area contributed by atoms with Gasteiger partial charge >= 0.3 is 0 Å². The number of aliphatic imine (C=N–C) groups is 1. The molecule has 2 unspecified atom stereocenters. The summed E-state index contributed by atoms with van der Waals surface area (Å²) < 4.78 is 2.00. The van der Waals surface area contributed by atoms with Crippen molar-refractivity contribution in [2.75, 3.05) is 25.0 Å². The molecule has 1 aromatic heterocycles. The average molecular weight is 412 g/mol. The molecule has 1 heterocycles. The zero-order valence-electron chi connectivity index (χ0n) is 18.9. The minimum atomic E-state index is 0.494. The van der Waals surface area contributed by atoms with Gasteiger partial charge in [-0.1, -0.05) is 38.0 Å². The van der Waals surface area contributed by atoms with Gasteiger partial charge in [0.15, 0.2) is 11.8 Å². The van der Waals surface area contributed by atoms with E-state index in [1.807, 2.05) is 18.5 Å². The van der Waals surface area contributed by atoms with Crippen molar-refractivity contribution < 1.29 is 0 Å². The molecule has 3 rings (SSSR count). The summed E-state index contributed by atoms with van der Waals surface area (Å²) in [6.45, 7) is 6.71. The van der Waals surface area contributed by atoms with Crippen LogP contribution < -0.4 is 15.5 Å². The highest BCUT2D eigenvalue weighted by Gasteiger charge is 2.19. The molecule has 30 heavy (non-hydrogen) atoms. The highest BCUT2D eigenvalue weighted by atomic mass is 15.3. The van der Waals surface area contributed by atoms with Crippen LogP contribution in [0.1, 0.15) is 50.7 Å². The van der Waals surface area contributed by atoms with E-state index < -0.39 is 0 Å². The maximum Gasteiger partial charge on any atom is 0.191 e. The molecule has 2 atom stereocenters. The number of aryl methyl sites for hydroxylation is 1. The van der Waals surface area contributed by atoms with E-state index in [1.54, 1.807) is 0 Å². The van der Waals surface area contributed by atoms with Crippen LogP contribution in [0.2, 0.25) is 0 Å². The van der Waals surface area contributed by atoms with E-state index in [9.17, 15) is 0 Å². The van der Waals surface area contributed by atoms with Gasteiger partial charge in [0.05, 0.1) is 0 Å². The summed E-state index contributed by atoms with van der Waals surface area (Å²) in [6.07, 6.45) is 6.08. The summed E-state index contributed by atoms with van der Waals surface area (Å²) in [5, 5.41) is 15.6. The quantitative estimate of drug-likeness (QED) is 0.396. The zero-order chi connectivity index (χ0) is 21.3. The number of guanidine groups is 1. The molecule has 1 fully saturated rings. The van der Waals surface area contributed by atoms with E-state index >= 15 is 0 Å². The standard InChI is InChI=1S/C23H37N7/c1-18-10-8-11-20(16-18)26-23(25-17-22-28-27-19(2)30(22)4)24-14-9-15-29(3)21-12-6-5-7-13-21/h5-7,12-13,18,20H,8-11,14-17H2,1-4H3,(H2,24,25,26). The topological polar surface area (TPSA) is 70.4 Å². The number of nitrogens with one attached hydrogen (secondary N) is 2. The van der Waals surface area contributed by atoms with E-state index in [1.165, 1.54) is 31.4 Å². The highest BCUT2D eigenvalue weighted by Crippen LogP contribution is 2.23. The van der Waals surface area contributed by atoms with E-state index in [-0.39, 0.29) is 0 Å². The second-order valence-corrected chi connectivity index (χ2v) is 8.54. The minimum absolute atomic E-state index is 0.494. The van der Waals surface area contributed by atoms with Crippen molar-refractivity contribution in [1.82, 2.24) is 25.4 Å². The number of benzene rings is 1. The smallest absolute Gasteiger partial charge is 0.191 e. The Hall–Kier alpha value is -2.57. The number of aromatic nitrogens is 3. The molecule has 0 saturated heterocycles. The fourth-order valence-corrected chi connectivity index (χ4v) is 3.98. The molecule has 0 radical (unpaired) electrons. The van der Waals surface area contributed by atoms with Gasteiger partial charge in [-0.2, -0.15) is 0 Å². The van der Waals surface area contributed by atoms with Crippen molar-refractivity contribution in [2.24, 2.45) is 18.0 Å². The van der Waals surface area contributed by atoms with Gasteiger partial charge in [-0.05, 0) is 44.2 Å². The largest absolute Gasteiger partial charge is 0.375 e. The normalized spacial score (nSPS) is 19.5. The van der Waals surface area contributed by atoms with Crippen molar-refractivity contribution in [2.45, 2.75) is 58.5 Å². The minimum Gasteiger partial charge on any atom is -0.375 e. The lowest BCUT2D eigenvalue weighted by Crippen LogP contribution is -2.45. The fourth-order valence-electron chi connectivity index (χ4n) is 3.98. The molecule has 0 amide bonds. The first-order valence-corrected chi connectivity index (χ1v) is 11.2. The van der Waals surface area contributed by atoms with Crippen LogP contribution in [0.15, 0.2) is 35.3 Å². The van der Waals surface area contributed by atoms with Gasteiger partial charge in [-0.25, -0.2) is 4.99 Å². The molecule has 1 saturated carbocycles. The van der Waals surface area contributed by atoms with E-state index in [0.717, 1.165) is 43.0 Å². The first-order chi connectivity index (χ1) is 14.5. The lowest BCUT2D eigenvalue weighted by Gasteiger charge is -2.29. The van der Waals surface area contributed by atoms with Gasteiger partial charge in [0.25, 0.3) is 0 Å². The highest BCUT2D eigenvalue weighted by molar-refractivity contribution is 5.80. The van der Waals surface area contributed by atoms with Crippen LogP contribution in [0.5, 0.6) is 0 Å². The summed E-state index contributed by atoms with van der Waals surface area (Å²) in [5.41, 5.74) is 1.25. The predicted octanol–water partition coefficient (Wildman–Crippen LogP) is 3.26.